The average Bonchev–Trinajstić information content (AvgIpc) is 3.26. The second-order valence-electron chi connectivity index (χ2n) is 6.00. The number of benzene rings is 1. The van der Waals surface area contributed by atoms with Gasteiger partial charge in [0.2, 0.25) is 5.88 Å². The number of aryl methyl sites for hydroxylation is 2. The Balaban J connectivity index is 1.56. The van der Waals surface area contributed by atoms with Crippen LogP contribution in [-0.2, 0) is 12.8 Å². The molecule has 2 heterocycles. The van der Waals surface area contributed by atoms with Crippen molar-refractivity contribution in [1.29, 1.82) is 0 Å². The largest absolute Gasteiger partial charge is 0.493 e. The van der Waals surface area contributed by atoms with Gasteiger partial charge >= 0.3 is 0 Å². The molecule has 3 aromatic rings. The van der Waals surface area contributed by atoms with Gasteiger partial charge in [-0.2, -0.15) is 0 Å². The highest BCUT2D eigenvalue weighted by atomic mass is 32.1. The second-order valence-corrected chi connectivity index (χ2v) is 7.08. The van der Waals surface area contributed by atoms with Gasteiger partial charge in [-0.3, -0.25) is 4.79 Å². The average molecular weight is 370 g/mol. The van der Waals surface area contributed by atoms with Gasteiger partial charge in [0.15, 0.2) is 23.9 Å². The number of hydrogen-bond acceptors (Lipinski definition) is 7. The molecule has 0 aliphatic heterocycles. The topological polar surface area (TPSA) is 70.5 Å². The van der Waals surface area contributed by atoms with Crippen LogP contribution in [-0.4, -0.2) is 36.6 Å². The lowest BCUT2D eigenvalue weighted by Gasteiger charge is -2.10. The van der Waals surface area contributed by atoms with Crippen molar-refractivity contribution < 1.29 is 19.0 Å². The molecule has 134 valence electrons. The molecule has 1 aromatic carbocycles. The number of carbonyl (C=O) groups excluding carboxylic acids is 1. The molecule has 0 fully saturated rings. The van der Waals surface area contributed by atoms with Crippen molar-refractivity contribution in [2.45, 2.75) is 19.3 Å². The first-order valence-corrected chi connectivity index (χ1v) is 9.16. The van der Waals surface area contributed by atoms with Crippen LogP contribution in [0.5, 0.6) is 17.4 Å². The van der Waals surface area contributed by atoms with Gasteiger partial charge in [0, 0.05) is 10.4 Å². The SMILES string of the molecule is COc1ccc(C(=O)COc2ncnc3sc4c(c23)CCC4)cc1OC. The number of rotatable bonds is 6. The van der Waals surface area contributed by atoms with Crippen LogP contribution in [0.2, 0.25) is 0 Å². The van der Waals surface area contributed by atoms with E-state index < -0.39 is 0 Å². The molecule has 0 saturated heterocycles. The summed E-state index contributed by atoms with van der Waals surface area (Å²) in [6, 6.07) is 5.06. The predicted octanol–water partition coefficient (Wildman–Crippen LogP) is 3.46. The summed E-state index contributed by atoms with van der Waals surface area (Å²) in [5.41, 5.74) is 1.78. The van der Waals surface area contributed by atoms with Crippen molar-refractivity contribution in [3.8, 4) is 17.4 Å². The van der Waals surface area contributed by atoms with Crippen LogP contribution < -0.4 is 14.2 Å². The van der Waals surface area contributed by atoms with E-state index in [1.54, 1.807) is 36.6 Å². The minimum absolute atomic E-state index is 0.0911. The molecule has 0 spiro atoms. The first-order chi connectivity index (χ1) is 12.7. The molecule has 26 heavy (non-hydrogen) atoms. The lowest BCUT2D eigenvalue weighted by atomic mass is 10.1. The molecule has 1 aliphatic carbocycles. The van der Waals surface area contributed by atoms with Crippen LogP contribution in [0.3, 0.4) is 0 Å². The van der Waals surface area contributed by atoms with E-state index in [-0.39, 0.29) is 12.4 Å². The first kappa shape index (κ1) is 16.8. The van der Waals surface area contributed by atoms with Crippen molar-refractivity contribution in [3.63, 3.8) is 0 Å². The molecular weight excluding hydrogens is 352 g/mol. The Labute approximate surface area is 154 Å². The number of methoxy groups -OCH3 is 2. The van der Waals surface area contributed by atoms with Gasteiger partial charge in [0.05, 0.1) is 19.6 Å². The predicted molar refractivity (Wildman–Crippen MR) is 98.8 cm³/mol. The summed E-state index contributed by atoms with van der Waals surface area (Å²) in [6.07, 6.45) is 4.74. The fraction of sp³-hybridized carbons (Fsp3) is 0.316. The summed E-state index contributed by atoms with van der Waals surface area (Å²) in [7, 11) is 3.10. The standard InChI is InChI=1S/C19H18N2O4S/c1-23-14-7-6-11(8-15(14)24-2)13(22)9-25-18-17-12-4-3-5-16(12)26-19(17)21-10-20-18/h6-8,10H,3-5,9H2,1-2H3. The maximum atomic E-state index is 12.5. The molecule has 6 nitrogen and oxygen atoms in total. The summed E-state index contributed by atoms with van der Waals surface area (Å²) >= 11 is 1.69. The van der Waals surface area contributed by atoms with E-state index in [2.05, 4.69) is 9.97 Å². The summed E-state index contributed by atoms with van der Waals surface area (Å²) in [5.74, 6) is 1.43. The molecule has 0 radical (unpaired) electrons. The van der Waals surface area contributed by atoms with Crippen molar-refractivity contribution >= 4 is 27.3 Å². The summed E-state index contributed by atoms with van der Waals surface area (Å²) in [4.78, 5) is 23.4. The van der Waals surface area contributed by atoms with E-state index in [0.29, 0.717) is 22.9 Å². The zero-order chi connectivity index (χ0) is 18.1. The Kier molecular flexibility index (Phi) is 4.46. The monoisotopic (exact) mass is 370 g/mol. The number of fused-ring (bicyclic) bond motifs is 3. The van der Waals surface area contributed by atoms with E-state index in [1.807, 2.05) is 0 Å². The van der Waals surface area contributed by atoms with Gasteiger partial charge in [0.1, 0.15) is 11.2 Å². The van der Waals surface area contributed by atoms with Gasteiger partial charge in [0.25, 0.3) is 0 Å². The van der Waals surface area contributed by atoms with Gasteiger partial charge < -0.3 is 14.2 Å². The Morgan fingerprint density at radius 2 is 2.00 bits per heavy atom. The third kappa shape index (κ3) is 2.88. The van der Waals surface area contributed by atoms with Crippen molar-refractivity contribution in [3.05, 3.63) is 40.5 Å². The summed E-state index contributed by atoms with van der Waals surface area (Å²) in [5, 5.41) is 0.963. The van der Waals surface area contributed by atoms with Crippen LogP contribution in [0, 0.1) is 0 Å². The lowest BCUT2D eigenvalue weighted by molar-refractivity contribution is 0.0919. The van der Waals surface area contributed by atoms with Crippen LogP contribution >= 0.6 is 11.3 Å². The number of ketones is 1. The third-order valence-corrected chi connectivity index (χ3v) is 5.71. The number of thiophene rings is 1. The normalized spacial score (nSPS) is 12.8. The van der Waals surface area contributed by atoms with Crippen molar-refractivity contribution in [2.75, 3.05) is 20.8 Å². The van der Waals surface area contributed by atoms with E-state index in [0.717, 1.165) is 29.5 Å². The molecule has 0 saturated carbocycles. The Morgan fingerprint density at radius 3 is 2.81 bits per heavy atom. The minimum Gasteiger partial charge on any atom is -0.493 e. The smallest absolute Gasteiger partial charge is 0.226 e. The van der Waals surface area contributed by atoms with Crippen LogP contribution in [0.15, 0.2) is 24.5 Å². The van der Waals surface area contributed by atoms with Gasteiger partial charge in [-0.05, 0) is 43.0 Å². The summed E-state index contributed by atoms with van der Waals surface area (Å²) in [6.45, 7) is -0.0911. The molecule has 7 heteroatoms. The van der Waals surface area contributed by atoms with Crippen molar-refractivity contribution in [2.24, 2.45) is 0 Å². The Morgan fingerprint density at radius 1 is 1.15 bits per heavy atom. The van der Waals surface area contributed by atoms with E-state index in [9.17, 15) is 4.79 Å². The highest BCUT2D eigenvalue weighted by molar-refractivity contribution is 7.18. The number of Topliss-reactive ketones (excluding diaryl/α,β-unsaturated/α-hetero) is 1. The fourth-order valence-electron chi connectivity index (χ4n) is 3.24. The highest BCUT2D eigenvalue weighted by Crippen LogP contribution is 2.39. The first-order valence-electron chi connectivity index (χ1n) is 8.34. The van der Waals surface area contributed by atoms with Crippen molar-refractivity contribution in [1.82, 2.24) is 9.97 Å². The zero-order valence-corrected chi connectivity index (χ0v) is 15.4. The zero-order valence-electron chi connectivity index (χ0n) is 14.6. The lowest BCUT2D eigenvalue weighted by Crippen LogP contribution is -2.13. The molecule has 0 N–H and O–H groups in total. The molecule has 4 rings (SSSR count). The number of ether oxygens (including phenoxy) is 3. The van der Waals surface area contributed by atoms with E-state index >= 15 is 0 Å². The number of hydrogen-bond donors (Lipinski definition) is 0. The maximum absolute atomic E-state index is 12.5. The molecule has 0 bridgehead atoms. The van der Waals surface area contributed by atoms with Gasteiger partial charge in [-0.1, -0.05) is 0 Å². The molecule has 0 amide bonds. The molecule has 0 unspecified atom stereocenters. The van der Waals surface area contributed by atoms with Crippen LogP contribution in [0.1, 0.15) is 27.2 Å². The molecule has 0 atom stereocenters. The number of aromatic nitrogens is 2. The van der Waals surface area contributed by atoms with Gasteiger partial charge in [-0.25, -0.2) is 9.97 Å². The van der Waals surface area contributed by atoms with Crippen LogP contribution in [0.25, 0.3) is 10.2 Å². The molecule has 2 aromatic heterocycles. The maximum Gasteiger partial charge on any atom is 0.226 e. The number of carbonyl (C=O) groups is 1. The Bertz CT molecular complexity index is 983. The van der Waals surface area contributed by atoms with E-state index in [4.69, 9.17) is 14.2 Å². The quantitative estimate of drug-likeness (QED) is 0.619. The number of nitrogens with zero attached hydrogens (tertiary/aromatic N) is 2. The molecular formula is C19H18N2O4S. The summed E-state index contributed by atoms with van der Waals surface area (Å²) < 4.78 is 16.2. The minimum atomic E-state index is -0.149. The highest BCUT2D eigenvalue weighted by Gasteiger charge is 2.22. The third-order valence-electron chi connectivity index (χ3n) is 4.51. The van der Waals surface area contributed by atoms with Crippen LogP contribution in [0.4, 0.5) is 0 Å². The second kappa shape index (κ2) is 6.92. The molecule has 1 aliphatic rings. The fourth-order valence-corrected chi connectivity index (χ4v) is 4.46. The Hall–Kier alpha value is -2.67. The van der Waals surface area contributed by atoms with E-state index in [1.165, 1.54) is 23.9 Å². The van der Waals surface area contributed by atoms with Gasteiger partial charge in [-0.15, -0.1) is 11.3 Å².